The van der Waals surface area contributed by atoms with Gasteiger partial charge in [-0.2, -0.15) is 0 Å². The third kappa shape index (κ3) is 5.42. The quantitative estimate of drug-likeness (QED) is 0.125. The van der Waals surface area contributed by atoms with Gasteiger partial charge in [0.15, 0.2) is 11.1 Å². The highest BCUT2D eigenvalue weighted by atomic mass is 16.5. The number of fused-ring (bicyclic) bond motifs is 1. The number of nitrogens with zero attached hydrogens (tertiary/aromatic N) is 4. The van der Waals surface area contributed by atoms with E-state index in [9.17, 15) is 20.8 Å². The number of rotatable bonds is 6. The lowest BCUT2D eigenvalue weighted by Gasteiger charge is -2.32. The van der Waals surface area contributed by atoms with E-state index in [1.165, 1.54) is 0 Å². The van der Waals surface area contributed by atoms with Crippen LogP contribution >= 0.6 is 0 Å². The molecule has 0 spiro atoms. The van der Waals surface area contributed by atoms with Gasteiger partial charge in [0.1, 0.15) is 11.1 Å². The zero-order valence-corrected chi connectivity index (χ0v) is 33.1. The number of hydroxylamine groups is 6. The molecule has 8 nitrogen and oxygen atoms in total. The average molecular weight is 743 g/mol. The lowest BCUT2D eigenvalue weighted by atomic mass is 9.84. The number of hydrogen-bond donors (Lipinski definition) is 0. The Morgan fingerprint density at radius 3 is 0.929 bits per heavy atom. The first-order chi connectivity index (χ1) is 26.5. The van der Waals surface area contributed by atoms with Crippen molar-refractivity contribution in [3.05, 3.63) is 155 Å². The monoisotopic (exact) mass is 742 g/mol. The van der Waals surface area contributed by atoms with Crippen molar-refractivity contribution in [2.75, 3.05) is 0 Å². The minimum absolute atomic E-state index is 0.139. The number of benzene rings is 6. The van der Waals surface area contributed by atoms with E-state index in [1.807, 2.05) is 48.5 Å². The van der Waals surface area contributed by atoms with Crippen molar-refractivity contribution >= 4 is 22.4 Å². The highest BCUT2D eigenvalue weighted by Crippen LogP contribution is 2.41. The molecule has 2 aliphatic heterocycles. The molecule has 0 aromatic heterocycles. The van der Waals surface area contributed by atoms with Gasteiger partial charge in [-0.1, -0.05) is 119 Å². The first kappa shape index (κ1) is 37.0. The minimum Gasteiger partial charge on any atom is -0.714 e. The molecule has 0 atom stereocenters. The summed E-state index contributed by atoms with van der Waals surface area (Å²) in [6.45, 7) is 14.4. The molecule has 282 valence electrons. The van der Waals surface area contributed by atoms with Crippen molar-refractivity contribution in [1.82, 2.24) is 10.1 Å². The Morgan fingerprint density at radius 1 is 0.393 bits per heavy atom. The van der Waals surface area contributed by atoms with Gasteiger partial charge in [0.25, 0.3) is 0 Å². The molecule has 6 aromatic rings. The Morgan fingerprint density at radius 2 is 0.661 bits per heavy atom. The van der Waals surface area contributed by atoms with E-state index >= 15 is 0 Å². The van der Waals surface area contributed by atoms with Crippen LogP contribution in [0.2, 0.25) is 0 Å². The molecule has 0 saturated heterocycles. The van der Waals surface area contributed by atoms with E-state index in [1.54, 1.807) is 55.4 Å². The normalized spacial score (nSPS) is 18.3. The molecule has 0 N–H and O–H groups in total. The first-order valence-corrected chi connectivity index (χ1v) is 19.0. The van der Waals surface area contributed by atoms with Gasteiger partial charge in [-0.05, 0) is 135 Å². The summed E-state index contributed by atoms with van der Waals surface area (Å²) >= 11 is 0. The smallest absolute Gasteiger partial charge is 0.316 e. The summed E-state index contributed by atoms with van der Waals surface area (Å²) in [6.07, 6.45) is 0. The molecule has 2 radical (unpaired) electrons. The molecule has 8 heteroatoms. The second-order valence-electron chi connectivity index (χ2n) is 17.1. The molecular formula is C48H46N4O4. The second-order valence-corrected chi connectivity index (χ2v) is 17.1. The van der Waals surface area contributed by atoms with Crippen molar-refractivity contribution in [3.63, 3.8) is 0 Å². The van der Waals surface area contributed by atoms with Gasteiger partial charge < -0.3 is 10.4 Å². The molecule has 56 heavy (non-hydrogen) atoms. The minimum atomic E-state index is -0.867. The first-order valence-electron chi connectivity index (χ1n) is 19.0. The summed E-state index contributed by atoms with van der Waals surface area (Å²) in [7, 11) is 0. The molecule has 2 aliphatic rings. The van der Waals surface area contributed by atoms with E-state index in [-0.39, 0.29) is 11.7 Å². The molecule has 0 aliphatic carbocycles. The van der Waals surface area contributed by atoms with Gasteiger partial charge in [0.2, 0.25) is 0 Å². The maximum Gasteiger partial charge on any atom is 0.316 e. The van der Waals surface area contributed by atoms with Crippen molar-refractivity contribution in [3.8, 4) is 44.5 Å². The fourth-order valence-corrected chi connectivity index (χ4v) is 7.82. The molecule has 0 fully saturated rings. The van der Waals surface area contributed by atoms with Crippen LogP contribution in [0.1, 0.15) is 66.5 Å². The fourth-order valence-electron chi connectivity index (χ4n) is 7.82. The number of amidine groups is 2. The van der Waals surface area contributed by atoms with Crippen LogP contribution in [0, 0.1) is 10.4 Å². The van der Waals surface area contributed by atoms with Crippen LogP contribution < -0.4 is 0 Å². The summed E-state index contributed by atoms with van der Waals surface area (Å²) in [5, 5.41) is 56.7. The molecule has 2 heterocycles. The van der Waals surface area contributed by atoms with Crippen LogP contribution in [0.3, 0.4) is 0 Å². The number of hydrogen-bond acceptors (Lipinski definition) is 4. The highest BCUT2D eigenvalue weighted by molar-refractivity contribution is 6.06. The molecule has 6 aromatic carbocycles. The Balaban J connectivity index is 1.06. The Labute approximate surface area is 328 Å². The summed E-state index contributed by atoms with van der Waals surface area (Å²) in [4.78, 5) is 0. The summed E-state index contributed by atoms with van der Waals surface area (Å²) in [6, 6.07) is 45.0. The van der Waals surface area contributed by atoms with E-state index < -0.39 is 22.2 Å². The van der Waals surface area contributed by atoms with E-state index in [0.29, 0.717) is 11.1 Å². The zero-order valence-electron chi connectivity index (χ0n) is 33.1. The van der Waals surface area contributed by atoms with Gasteiger partial charge in [0, 0.05) is 10.4 Å². The molecule has 0 saturated carbocycles. The molecule has 0 unspecified atom stereocenters. The Bertz CT molecular complexity index is 2370. The summed E-state index contributed by atoms with van der Waals surface area (Å²) < 4.78 is 1.70. The second kappa shape index (κ2) is 12.8. The van der Waals surface area contributed by atoms with E-state index in [4.69, 9.17) is 0 Å². The maximum absolute atomic E-state index is 13.2. The largest absolute Gasteiger partial charge is 0.714 e. The SMILES string of the molecule is CC1(C)N([O])C(c2ccc(-c3ccc(-c4cccc5cccc(-c6ccc(-c7ccc(C8=[N+]([O-])C(C)(C)C(C)(C)N8[O])cc7)cc6)c45)cc3)cc2)=[N+]([O-])C1(C)C. The van der Waals surface area contributed by atoms with Gasteiger partial charge in [-0.25, -0.2) is 0 Å². The van der Waals surface area contributed by atoms with Crippen molar-refractivity contribution in [1.29, 1.82) is 0 Å². The van der Waals surface area contributed by atoms with E-state index in [0.717, 1.165) is 74.9 Å². The van der Waals surface area contributed by atoms with Crippen LogP contribution in [0.15, 0.2) is 133 Å². The van der Waals surface area contributed by atoms with Crippen LogP contribution in [0.25, 0.3) is 55.3 Å². The highest BCUT2D eigenvalue weighted by Gasteiger charge is 2.61. The van der Waals surface area contributed by atoms with Crippen LogP contribution in [-0.2, 0) is 10.4 Å². The van der Waals surface area contributed by atoms with Gasteiger partial charge >= 0.3 is 11.7 Å². The van der Waals surface area contributed by atoms with Crippen LogP contribution in [0.5, 0.6) is 0 Å². The van der Waals surface area contributed by atoms with Crippen LogP contribution in [0.4, 0.5) is 0 Å². The predicted molar refractivity (Wildman–Crippen MR) is 223 cm³/mol. The molecular weight excluding hydrogens is 697 g/mol. The van der Waals surface area contributed by atoms with E-state index in [2.05, 4.69) is 84.9 Å². The van der Waals surface area contributed by atoms with Gasteiger partial charge in [-0.15, -0.1) is 0 Å². The summed E-state index contributed by atoms with van der Waals surface area (Å²) in [5.74, 6) is 0.278. The van der Waals surface area contributed by atoms with Gasteiger partial charge in [0.05, 0.1) is 11.1 Å². The standard InChI is InChI=1S/C48H46N4O4/c1-45(2)46(3,4)50(54)43(49(45)53)38-27-19-33(20-28-38)31-15-23-35(24-16-31)40-13-9-11-37-12-10-14-41(42(37)40)36-25-17-32(18-26-36)34-21-29-39(30-22-34)44-51(55)47(5,6)48(7,8)52(44)56/h9-30H,1-8H3. The lowest BCUT2D eigenvalue weighted by molar-refractivity contribution is -0.539. The van der Waals surface area contributed by atoms with Crippen molar-refractivity contribution < 1.29 is 19.9 Å². The molecule has 0 amide bonds. The van der Waals surface area contributed by atoms with Crippen molar-refractivity contribution in [2.24, 2.45) is 0 Å². The molecule has 0 bridgehead atoms. The third-order valence-corrected chi connectivity index (χ3v) is 13.0. The third-order valence-electron chi connectivity index (χ3n) is 13.0. The summed E-state index contributed by atoms with van der Waals surface area (Å²) in [5.41, 5.74) is 6.22. The lowest BCUT2D eigenvalue weighted by Crippen LogP contribution is -2.53. The Kier molecular flexibility index (Phi) is 8.45. The zero-order chi connectivity index (χ0) is 39.9. The fraction of sp³-hybridized carbons (Fsp3) is 0.250. The average Bonchev–Trinajstić information content (AvgIpc) is 3.40. The van der Waals surface area contributed by atoms with Crippen molar-refractivity contribution in [2.45, 2.75) is 77.5 Å². The Hall–Kier alpha value is -5.96. The van der Waals surface area contributed by atoms with Gasteiger partial charge in [-0.3, -0.25) is 9.48 Å². The molecule has 8 rings (SSSR count). The maximum atomic E-state index is 13.2. The van der Waals surface area contributed by atoms with Crippen LogP contribution in [-0.4, -0.2) is 53.4 Å². The predicted octanol–water partition coefficient (Wildman–Crippen LogP) is 10.5. The topological polar surface area (TPSA) is 98.4 Å².